The molecule has 1 atom stereocenters. The van der Waals surface area contributed by atoms with Gasteiger partial charge in [0.1, 0.15) is 11.0 Å². The Kier molecular flexibility index (Phi) is 6.05. The van der Waals surface area contributed by atoms with E-state index < -0.39 is 0 Å². The minimum Gasteiger partial charge on any atom is -0.459 e. The summed E-state index contributed by atoms with van der Waals surface area (Å²) in [5.41, 5.74) is 2.21. The molecule has 7 nitrogen and oxygen atoms in total. The third kappa shape index (κ3) is 4.33. The molecule has 5 rings (SSSR count). The van der Waals surface area contributed by atoms with E-state index >= 15 is 0 Å². The summed E-state index contributed by atoms with van der Waals surface area (Å²) in [6, 6.07) is 13.2. The number of amides is 2. The molecule has 2 fully saturated rings. The molecule has 2 amide bonds. The third-order valence-corrected chi connectivity index (χ3v) is 7.11. The summed E-state index contributed by atoms with van der Waals surface area (Å²) in [5.74, 6) is 0.164. The van der Waals surface area contributed by atoms with Crippen LogP contribution >= 0.6 is 11.3 Å². The maximum Gasteiger partial charge on any atom is 0.290 e. The van der Waals surface area contributed by atoms with Crippen molar-refractivity contribution in [3.63, 3.8) is 0 Å². The van der Waals surface area contributed by atoms with E-state index in [9.17, 15) is 9.59 Å². The summed E-state index contributed by atoms with van der Waals surface area (Å²) in [6.45, 7) is 4.36. The number of rotatable bonds is 5. The molecule has 2 saturated heterocycles. The Morgan fingerprint density at radius 3 is 2.59 bits per heavy atom. The van der Waals surface area contributed by atoms with E-state index in [2.05, 4.69) is 22.4 Å². The van der Waals surface area contributed by atoms with Crippen LogP contribution in [0.25, 0.3) is 10.6 Å². The van der Waals surface area contributed by atoms with Crippen molar-refractivity contribution in [1.82, 2.24) is 19.7 Å². The first-order valence-electron chi connectivity index (χ1n) is 11.0. The zero-order chi connectivity index (χ0) is 21.9. The Balaban J connectivity index is 1.16. The summed E-state index contributed by atoms with van der Waals surface area (Å²) < 4.78 is 5.25. The number of piperazine rings is 1. The number of thiazole rings is 1. The van der Waals surface area contributed by atoms with Crippen molar-refractivity contribution in [2.75, 3.05) is 32.7 Å². The van der Waals surface area contributed by atoms with Crippen molar-refractivity contribution in [2.24, 2.45) is 0 Å². The number of carbonyl (C=O) groups is 2. The van der Waals surface area contributed by atoms with Gasteiger partial charge in [0, 0.05) is 50.2 Å². The molecule has 8 heteroatoms. The van der Waals surface area contributed by atoms with E-state index in [1.807, 2.05) is 23.1 Å². The molecule has 4 heterocycles. The highest BCUT2D eigenvalue weighted by atomic mass is 32.1. The van der Waals surface area contributed by atoms with Crippen molar-refractivity contribution >= 4 is 23.2 Å². The largest absolute Gasteiger partial charge is 0.459 e. The molecule has 2 aliphatic heterocycles. The summed E-state index contributed by atoms with van der Waals surface area (Å²) in [7, 11) is 0. The fourth-order valence-corrected chi connectivity index (χ4v) is 5.28. The van der Waals surface area contributed by atoms with Crippen molar-refractivity contribution < 1.29 is 14.0 Å². The van der Waals surface area contributed by atoms with Gasteiger partial charge in [-0.1, -0.05) is 30.3 Å². The Morgan fingerprint density at radius 2 is 1.84 bits per heavy atom. The molecule has 0 saturated carbocycles. The van der Waals surface area contributed by atoms with Gasteiger partial charge in [0.15, 0.2) is 5.76 Å². The van der Waals surface area contributed by atoms with Gasteiger partial charge >= 0.3 is 0 Å². The zero-order valence-corrected chi connectivity index (χ0v) is 18.7. The maximum atomic E-state index is 13.2. The van der Waals surface area contributed by atoms with Crippen molar-refractivity contribution in [3.05, 3.63) is 65.6 Å². The second kappa shape index (κ2) is 9.26. The summed E-state index contributed by atoms with van der Waals surface area (Å²) >= 11 is 1.67. The smallest absolute Gasteiger partial charge is 0.290 e. The van der Waals surface area contributed by atoms with Gasteiger partial charge in [0.05, 0.1) is 12.0 Å². The van der Waals surface area contributed by atoms with Crippen molar-refractivity contribution in [2.45, 2.75) is 25.4 Å². The Hall–Kier alpha value is -2.97. The monoisotopic (exact) mass is 450 g/mol. The predicted molar refractivity (Wildman–Crippen MR) is 122 cm³/mol. The van der Waals surface area contributed by atoms with E-state index in [-0.39, 0.29) is 17.9 Å². The van der Waals surface area contributed by atoms with Crippen LogP contribution in [0, 0.1) is 0 Å². The van der Waals surface area contributed by atoms with Gasteiger partial charge in [0.2, 0.25) is 5.91 Å². The van der Waals surface area contributed by atoms with Gasteiger partial charge in [-0.3, -0.25) is 14.5 Å². The van der Waals surface area contributed by atoms with Crippen molar-refractivity contribution in [3.8, 4) is 10.6 Å². The minimum absolute atomic E-state index is 0.0575. The molecule has 0 spiro atoms. The Bertz CT molecular complexity index is 1060. The lowest BCUT2D eigenvalue weighted by Crippen LogP contribution is -2.54. The number of likely N-dealkylation sites (tertiary alicyclic amines) is 1. The zero-order valence-electron chi connectivity index (χ0n) is 17.9. The van der Waals surface area contributed by atoms with Gasteiger partial charge < -0.3 is 14.2 Å². The van der Waals surface area contributed by atoms with Gasteiger partial charge in [-0.2, -0.15) is 0 Å². The van der Waals surface area contributed by atoms with Crippen LogP contribution in [0.4, 0.5) is 0 Å². The topological polar surface area (TPSA) is 69.9 Å². The molecule has 1 aromatic carbocycles. The van der Waals surface area contributed by atoms with E-state index in [1.54, 1.807) is 28.4 Å². The average molecular weight is 451 g/mol. The van der Waals surface area contributed by atoms with Gasteiger partial charge in [-0.15, -0.1) is 11.3 Å². The highest BCUT2D eigenvalue weighted by Crippen LogP contribution is 2.25. The van der Waals surface area contributed by atoms with Gasteiger partial charge in [-0.25, -0.2) is 4.98 Å². The van der Waals surface area contributed by atoms with Crippen LogP contribution in [0.2, 0.25) is 0 Å². The Labute approximate surface area is 191 Å². The first kappa shape index (κ1) is 20.9. The fraction of sp³-hybridized carbons (Fsp3) is 0.375. The van der Waals surface area contributed by atoms with Gasteiger partial charge in [0.25, 0.3) is 5.91 Å². The summed E-state index contributed by atoms with van der Waals surface area (Å²) in [4.78, 5) is 36.6. The number of furan rings is 1. The highest BCUT2D eigenvalue weighted by molar-refractivity contribution is 7.13. The molecule has 0 bridgehead atoms. The number of carbonyl (C=O) groups excluding carboxylic acids is 2. The standard InChI is InChI=1S/C24H26N4O3S/c29-23(20-8-4-10-28(20)24(30)21-9-5-15-31-21)27-13-11-26(12-14-27)16-19-17-32-22(25-19)18-6-2-1-3-7-18/h1-3,5-7,9,15,17,20H,4,8,10-14,16H2. The summed E-state index contributed by atoms with van der Waals surface area (Å²) in [6.07, 6.45) is 3.05. The van der Waals surface area contributed by atoms with Crippen LogP contribution in [-0.2, 0) is 11.3 Å². The fourth-order valence-electron chi connectivity index (χ4n) is 4.47. The number of nitrogens with zero attached hydrogens (tertiary/aromatic N) is 4. The van der Waals surface area contributed by atoms with Crippen LogP contribution in [0.15, 0.2) is 58.5 Å². The number of aromatic nitrogens is 1. The maximum absolute atomic E-state index is 13.2. The van der Waals surface area contributed by atoms with Crippen LogP contribution in [-0.4, -0.2) is 70.3 Å². The number of hydrogen-bond donors (Lipinski definition) is 0. The van der Waals surface area contributed by atoms with E-state index in [0.29, 0.717) is 31.8 Å². The second-order valence-corrected chi connectivity index (χ2v) is 9.10. The molecule has 0 radical (unpaired) electrons. The normalized spacial score (nSPS) is 19.4. The minimum atomic E-state index is -0.383. The molecule has 166 valence electrons. The molecule has 0 N–H and O–H groups in total. The van der Waals surface area contributed by atoms with Crippen LogP contribution < -0.4 is 0 Å². The summed E-state index contributed by atoms with van der Waals surface area (Å²) in [5, 5.41) is 3.16. The Morgan fingerprint density at radius 1 is 1.03 bits per heavy atom. The van der Waals surface area contributed by atoms with Gasteiger partial charge in [-0.05, 0) is 25.0 Å². The molecular weight excluding hydrogens is 424 g/mol. The molecule has 1 unspecified atom stereocenters. The second-order valence-electron chi connectivity index (χ2n) is 8.25. The van der Waals surface area contributed by atoms with Crippen molar-refractivity contribution in [1.29, 1.82) is 0 Å². The highest BCUT2D eigenvalue weighted by Gasteiger charge is 2.38. The van der Waals surface area contributed by atoms with Crippen LogP contribution in [0.3, 0.4) is 0 Å². The quantitative estimate of drug-likeness (QED) is 0.596. The molecule has 0 aliphatic carbocycles. The van der Waals surface area contributed by atoms with Crippen LogP contribution in [0.5, 0.6) is 0 Å². The third-order valence-electron chi connectivity index (χ3n) is 6.17. The number of hydrogen-bond acceptors (Lipinski definition) is 6. The molecular formula is C24H26N4O3S. The predicted octanol–water partition coefficient (Wildman–Crippen LogP) is 3.35. The number of benzene rings is 1. The molecule has 2 aromatic heterocycles. The molecule has 32 heavy (non-hydrogen) atoms. The van der Waals surface area contributed by atoms with E-state index in [4.69, 9.17) is 9.40 Å². The first-order chi connectivity index (χ1) is 15.7. The average Bonchev–Trinajstić information content (AvgIpc) is 3.61. The lowest BCUT2D eigenvalue weighted by Gasteiger charge is -2.37. The van der Waals surface area contributed by atoms with Crippen LogP contribution in [0.1, 0.15) is 29.1 Å². The SMILES string of the molecule is O=C(C1CCCN1C(=O)c1ccco1)N1CCN(Cc2csc(-c3ccccc3)n2)CC1. The van der Waals surface area contributed by atoms with E-state index in [1.165, 1.54) is 6.26 Å². The molecule has 2 aliphatic rings. The lowest BCUT2D eigenvalue weighted by molar-refractivity contribution is -0.137. The first-order valence-corrected chi connectivity index (χ1v) is 11.9. The lowest BCUT2D eigenvalue weighted by atomic mass is 10.1. The van der Waals surface area contributed by atoms with E-state index in [0.717, 1.165) is 42.3 Å². The molecule has 3 aromatic rings.